The third kappa shape index (κ3) is 3.27. The summed E-state index contributed by atoms with van der Waals surface area (Å²) in [4.78, 5) is 18.0. The molecule has 0 aliphatic carbocycles. The molecule has 5 rings (SSSR count). The van der Waals surface area contributed by atoms with E-state index in [9.17, 15) is 4.79 Å². The molecule has 3 aliphatic heterocycles. The Balaban J connectivity index is 0.000000440. The van der Waals surface area contributed by atoms with Gasteiger partial charge in [-0.3, -0.25) is 9.63 Å². The van der Waals surface area contributed by atoms with Gasteiger partial charge in [0.2, 0.25) is 0 Å². The molecular formula is C19H19NO4. The first-order valence-corrected chi connectivity index (χ1v) is 8.17. The number of hydrogen-bond acceptors (Lipinski definition) is 4. The second-order valence-corrected chi connectivity index (χ2v) is 5.95. The van der Waals surface area contributed by atoms with Crippen molar-refractivity contribution in [3.8, 4) is 5.75 Å². The molecule has 3 aliphatic rings. The number of benzene rings is 2. The van der Waals surface area contributed by atoms with Gasteiger partial charge >= 0.3 is 0 Å². The summed E-state index contributed by atoms with van der Waals surface area (Å²) in [6.45, 7) is 2.87. The molecule has 2 bridgehead atoms. The monoisotopic (exact) mass is 325 g/mol. The highest BCUT2D eigenvalue weighted by Gasteiger charge is 2.29. The van der Waals surface area contributed by atoms with Crippen LogP contribution in [0.2, 0.25) is 0 Å². The summed E-state index contributed by atoms with van der Waals surface area (Å²) < 4.78 is 10.4. The van der Waals surface area contributed by atoms with Crippen molar-refractivity contribution in [2.24, 2.45) is 0 Å². The van der Waals surface area contributed by atoms with Crippen molar-refractivity contribution in [1.82, 2.24) is 0 Å². The number of amides is 1. The van der Waals surface area contributed by atoms with E-state index < -0.39 is 0 Å². The van der Waals surface area contributed by atoms with Crippen LogP contribution in [-0.2, 0) is 34.0 Å². The summed E-state index contributed by atoms with van der Waals surface area (Å²) in [6, 6.07) is 13.9. The number of carbonyl (C=O) groups excluding carboxylic acids is 1. The highest BCUT2D eigenvalue weighted by Crippen LogP contribution is 2.38. The molecule has 0 N–H and O–H groups in total. The number of nitrogens with zero attached hydrogens (tertiary/aromatic N) is 1. The standard InChI is InChI=1S/C17H15NO3.C2H4O/c19-16-8-7-14-5-2-6-15-17(14)18(16)21-11-13-4-1-3-12(9-13)10-20-15;1-2-3-1/h1-6,9H,7-8,10-11H2;1-2H2. The lowest BCUT2D eigenvalue weighted by Crippen LogP contribution is -2.35. The fourth-order valence-electron chi connectivity index (χ4n) is 2.83. The Hall–Kier alpha value is -2.37. The Morgan fingerprint density at radius 3 is 2.46 bits per heavy atom. The highest BCUT2D eigenvalue weighted by molar-refractivity contribution is 5.96. The lowest BCUT2D eigenvalue weighted by atomic mass is 10.0. The molecule has 5 heteroatoms. The molecule has 5 nitrogen and oxygen atoms in total. The van der Waals surface area contributed by atoms with E-state index in [4.69, 9.17) is 9.57 Å². The van der Waals surface area contributed by atoms with Crippen LogP contribution in [0.5, 0.6) is 5.75 Å². The number of rotatable bonds is 0. The van der Waals surface area contributed by atoms with E-state index in [0.717, 1.165) is 42.0 Å². The molecule has 1 fully saturated rings. The third-order valence-electron chi connectivity index (χ3n) is 4.07. The Morgan fingerprint density at radius 2 is 1.67 bits per heavy atom. The summed E-state index contributed by atoms with van der Waals surface area (Å²) in [5, 5.41) is 1.41. The summed E-state index contributed by atoms with van der Waals surface area (Å²) >= 11 is 0. The zero-order valence-corrected chi connectivity index (χ0v) is 13.4. The molecule has 24 heavy (non-hydrogen) atoms. The van der Waals surface area contributed by atoms with E-state index in [0.29, 0.717) is 25.4 Å². The first kappa shape index (κ1) is 15.2. The van der Waals surface area contributed by atoms with Gasteiger partial charge in [-0.2, -0.15) is 5.06 Å². The van der Waals surface area contributed by atoms with Gasteiger partial charge in [0, 0.05) is 6.42 Å². The van der Waals surface area contributed by atoms with Gasteiger partial charge in [-0.15, -0.1) is 0 Å². The van der Waals surface area contributed by atoms with E-state index in [2.05, 4.69) is 4.74 Å². The van der Waals surface area contributed by atoms with Crippen LogP contribution in [0, 0.1) is 0 Å². The van der Waals surface area contributed by atoms with E-state index in [-0.39, 0.29) is 5.91 Å². The molecule has 0 spiro atoms. The quantitative estimate of drug-likeness (QED) is 0.699. The Labute approximate surface area is 140 Å². The fourth-order valence-corrected chi connectivity index (χ4v) is 2.83. The zero-order valence-electron chi connectivity index (χ0n) is 13.4. The van der Waals surface area contributed by atoms with Crippen LogP contribution in [0.4, 0.5) is 5.69 Å². The number of hydrogen-bond donors (Lipinski definition) is 0. The maximum Gasteiger partial charge on any atom is 0.251 e. The Morgan fingerprint density at radius 1 is 0.917 bits per heavy atom. The number of hydroxylamine groups is 1. The lowest BCUT2D eigenvalue weighted by molar-refractivity contribution is -0.127. The Bertz CT molecular complexity index is 754. The van der Waals surface area contributed by atoms with E-state index in [1.807, 2.05) is 42.5 Å². The van der Waals surface area contributed by atoms with Crippen molar-refractivity contribution in [1.29, 1.82) is 0 Å². The van der Waals surface area contributed by atoms with Gasteiger partial charge in [-0.05, 0) is 35.2 Å². The minimum absolute atomic E-state index is 0.0183. The number of aryl methyl sites for hydroxylation is 1. The maximum absolute atomic E-state index is 12.2. The van der Waals surface area contributed by atoms with Crippen molar-refractivity contribution in [3.05, 3.63) is 59.2 Å². The molecule has 3 heterocycles. The smallest absolute Gasteiger partial charge is 0.251 e. The van der Waals surface area contributed by atoms with E-state index in [1.165, 1.54) is 5.06 Å². The predicted molar refractivity (Wildman–Crippen MR) is 88.6 cm³/mol. The fraction of sp³-hybridized carbons (Fsp3) is 0.316. The molecule has 0 saturated carbocycles. The molecule has 1 saturated heterocycles. The third-order valence-corrected chi connectivity index (χ3v) is 4.07. The Kier molecular flexibility index (Phi) is 4.19. The molecular weight excluding hydrogens is 306 g/mol. The molecule has 2 aromatic rings. The predicted octanol–water partition coefficient (Wildman–Crippen LogP) is 3.01. The van der Waals surface area contributed by atoms with Crippen LogP contribution in [0.15, 0.2) is 42.5 Å². The van der Waals surface area contributed by atoms with Crippen LogP contribution in [-0.4, -0.2) is 19.1 Å². The minimum Gasteiger partial charge on any atom is -0.487 e. The topological polar surface area (TPSA) is 51.3 Å². The van der Waals surface area contributed by atoms with Crippen LogP contribution in [0.3, 0.4) is 0 Å². The number of fused-ring (bicyclic) bond motifs is 2. The molecule has 0 unspecified atom stereocenters. The van der Waals surface area contributed by atoms with Gasteiger partial charge in [0.05, 0.1) is 13.2 Å². The van der Waals surface area contributed by atoms with Gasteiger partial charge in [-0.25, -0.2) is 0 Å². The largest absolute Gasteiger partial charge is 0.487 e. The zero-order chi connectivity index (χ0) is 16.4. The first-order chi connectivity index (χ1) is 11.8. The van der Waals surface area contributed by atoms with Crippen LogP contribution in [0.25, 0.3) is 0 Å². The van der Waals surface area contributed by atoms with Crippen molar-refractivity contribution in [2.45, 2.75) is 26.1 Å². The molecule has 1 amide bonds. The molecule has 2 aromatic carbocycles. The van der Waals surface area contributed by atoms with Gasteiger partial charge in [0.1, 0.15) is 24.7 Å². The lowest BCUT2D eigenvalue weighted by Gasteiger charge is -2.30. The van der Waals surface area contributed by atoms with Crippen molar-refractivity contribution < 1.29 is 19.1 Å². The normalized spacial score (nSPS) is 17.8. The van der Waals surface area contributed by atoms with Crippen molar-refractivity contribution in [2.75, 3.05) is 18.3 Å². The van der Waals surface area contributed by atoms with Crippen LogP contribution in [0.1, 0.15) is 23.1 Å². The molecule has 124 valence electrons. The number of ether oxygens (including phenoxy) is 2. The van der Waals surface area contributed by atoms with Crippen molar-refractivity contribution in [3.63, 3.8) is 0 Å². The number of anilines is 1. The number of carbonyl (C=O) groups is 1. The van der Waals surface area contributed by atoms with Gasteiger partial charge < -0.3 is 9.47 Å². The van der Waals surface area contributed by atoms with Crippen molar-refractivity contribution >= 4 is 11.6 Å². The number of para-hydroxylation sites is 1. The SMILES string of the molecule is C1CO1.O=C1CCc2cccc3c2N1OCc1cccc(c1)CO3. The van der Waals surface area contributed by atoms with Crippen LogP contribution >= 0.6 is 0 Å². The first-order valence-electron chi connectivity index (χ1n) is 8.17. The summed E-state index contributed by atoms with van der Waals surface area (Å²) in [7, 11) is 0. The molecule has 0 radical (unpaired) electrons. The summed E-state index contributed by atoms with van der Waals surface area (Å²) in [5.74, 6) is 0.683. The van der Waals surface area contributed by atoms with E-state index >= 15 is 0 Å². The van der Waals surface area contributed by atoms with Crippen LogP contribution < -0.4 is 9.80 Å². The number of epoxide rings is 1. The molecule has 0 atom stereocenters. The summed E-state index contributed by atoms with van der Waals surface area (Å²) in [6.07, 6.45) is 1.20. The maximum atomic E-state index is 12.2. The second-order valence-electron chi connectivity index (χ2n) is 5.95. The summed E-state index contributed by atoms with van der Waals surface area (Å²) in [5.41, 5.74) is 4.00. The highest BCUT2D eigenvalue weighted by atomic mass is 16.7. The average Bonchev–Trinajstić information content (AvgIpc) is 3.48. The second kappa shape index (κ2) is 6.63. The van der Waals surface area contributed by atoms with Gasteiger partial charge in [-0.1, -0.05) is 30.3 Å². The minimum atomic E-state index is -0.0183. The average molecular weight is 325 g/mol. The van der Waals surface area contributed by atoms with Gasteiger partial charge in [0.25, 0.3) is 5.91 Å². The molecule has 0 aromatic heterocycles. The van der Waals surface area contributed by atoms with Gasteiger partial charge in [0.15, 0.2) is 0 Å². The van der Waals surface area contributed by atoms with E-state index in [1.54, 1.807) is 0 Å².